The molecule has 0 radical (unpaired) electrons. The van der Waals surface area contributed by atoms with Crippen LogP contribution in [0.5, 0.6) is 0 Å². The topological polar surface area (TPSA) is 105 Å². The van der Waals surface area contributed by atoms with Crippen LogP contribution in [0, 0.1) is 35.0 Å². The maximum atomic E-state index is 12.0. The Morgan fingerprint density at radius 1 is 1.28 bits per heavy atom. The molecular weight excluding hydrogens is 406 g/mol. The predicted octanol–water partition coefficient (Wildman–Crippen LogP) is 3.72. The van der Waals surface area contributed by atoms with Crippen molar-refractivity contribution in [2.24, 2.45) is 35.0 Å². The van der Waals surface area contributed by atoms with Crippen LogP contribution >= 0.6 is 0 Å². The van der Waals surface area contributed by atoms with Crippen molar-refractivity contribution in [1.82, 2.24) is 15.0 Å². The van der Waals surface area contributed by atoms with Gasteiger partial charge in [-0.3, -0.25) is 14.3 Å². The number of ketones is 1. The van der Waals surface area contributed by atoms with E-state index in [0.717, 1.165) is 32.1 Å². The van der Waals surface area contributed by atoms with Gasteiger partial charge in [-0.1, -0.05) is 24.6 Å². The number of aromatic nitrogens is 3. The molecule has 1 aromatic heterocycles. The lowest BCUT2D eigenvalue weighted by Gasteiger charge is -2.57. The Bertz CT molecular complexity index is 955. The van der Waals surface area contributed by atoms with E-state index in [-0.39, 0.29) is 11.8 Å². The van der Waals surface area contributed by atoms with Crippen LogP contribution in [0.25, 0.3) is 0 Å². The zero-order valence-electron chi connectivity index (χ0n) is 19.2. The Morgan fingerprint density at radius 2 is 2.09 bits per heavy atom. The van der Waals surface area contributed by atoms with Crippen molar-refractivity contribution in [3.8, 4) is 0 Å². The molecule has 2 N–H and O–H groups in total. The summed E-state index contributed by atoms with van der Waals surface area (Å²) in [6.07, 6.45) is 10.8. The molecule has 4 unspecified atom stereocenters. The van der Waals surface area contributed by atoms with Gasteiger partial charge in [0.05, 0.1) is 6.20 Å². The van der Waals surface area contributed by atoms with E-state index in [2.05, 4.69) is 24.2 Å². The third-order valence-corrected chi connectivity index (χ3v) is 9.53. The number of carboxylic acid groups (broad SMARTS) is 1. The number of nitrogens with zero attached hydrogens (tertiary/aromatic N) is 3. The van der Waals surface area contributed by atoms with Crippen molar-refractivity contribution in [2.75, 3.05) is 0 Å². The normalized spacial score (nSPS) is 40.9. The van der Waals surface area contributed by atoms with E-state index in [0.29, 0.717) is 66.9 Å². The summed E-state index contributed by atoms with van der Waals surface area (Å²) in [5.41, 5.74) is 0.794. The molecule has 0 spiro atoms. The maximum absolute atomic E-state index is 12.0. The molecule has 0 aromatic carbocycles. The lowest BCUT2D eigenvalue weighted by Crippen LogP contribution is -2.53. The highest BCUT2D eigenvalue weighted by Gasteiger charge is 2.64. The van der Waals surface area contributed by atoms with Gasteiger partial charge in [0.15, 0.2) is 5.78 Å². The molecule has 4 aliphatic carbocycles. The number of hydrogen-bond acceptors (Lipinski definition) is 5. The second-order valence-electron chi connectivity index (χ2n) is 11.1. The summed E-state index contributed by atoms with van der Waals surface area (Å²) in [5.74, 6) is 2.18. The summed E-state index contributed by atoms with van der Waals surface area (Å²) in [6, 6.07) is 0. The number of carboxylic acids is 1. The van der Waals surface area contributed by atoms with E-state index in [1.807, 2.05) is 12.3 Å². The lowest BCUT2D eigenvalue weighted by molar-refractivity contribution is -0.137. The first-order valence-corrected chi connectivity index (χ1v) is 12.3. The third-order valence-electron chi connectivity index (χ3n) is 9.53. The fraction of sp³-hybridized carbons (Fsp3) is 0.760. The number of carbonyl (C=O) groups is 2. The quantitative estimate of drug-likeness (QED) is 0.721. The predicted molar refractivity (Wildman–Crippen MR) is 117 cm³/mol. The van der Waals surface area contributed by atoms with Crippen LogP contribution in [-0.4, -0.2) is 37.0 Å². The molecule has 3 fully saturated rings. The Morgan fingerprint density at radius 3 is 2.88 bits per heavy atom. The van der Waals surface area contributed by atoms with E-state index in [4.69, 9.17) is 5.11 Å². The standard InChI is InChI=1S/C25H35N3O4/c1-15-12-16-13-17(29)5-6-18(16)19-7-9-24(2)20(23(15)19)8-10-25(24,32)21-14-28(27-26-21)11-3-4-22(30)31/h13-15,18-20,23,32H,3-12H2,1-2H3,(H,30,31)/t15-,18?,19?,20?,23?,24+,25-/m1/s1. The van der Waals surface area contributed by atoms with Crippen LogP contribution in [0.15, 0.2) is 17.8 Å². The number of fused-ring (bicyclic) bond motifs is 5. The number of aryl methyl sites for hydroxylation is 1. The van der Waals surface area contributed by atoms with Crippen LogP contribution < -0.4 is 0 Å². The van der Waals surface area contributed by atoms with Gasteiger partial charge in [-0.25, -0.2) is 0 Å². The van der Waals surface area contributed by atoms with Gasteiger partial charge in [-0.2, -0.15) is 0 Å². The van der Waals surface area contributed by atoms with Gasteiger partial charge in [-0.05, 0) is 80.6 Å². The highest BCUT2D eigenvalue weighted by molar-refractivity contribution is 5.91. The molecule has 174 valence electrons. The Kier molecular flexibility index (Phi) is 5.31. The summed E-state index contributed by atoms with van der Waals surface area (Å²) in [5, 5.41) is 29.5. The fourth-order valence-corrected chi connectivity index (χ4v) is 8.02. The first kappa shape index (κ1) is 21.8. The van der Waals surface area contributed by atoms with Crippen molar-refractivity contribution in [3.05, 3.63) is 23.5 Å². The summed E-state index contributed by atoms with van der Waals surface area (Å²) in [7, 11) is 0. The molecule has 0 amide bonds. The minimum Gasteiger partial charge on any atom is -0.481 e. The van der Waals surface area contributed by atoms with Crippen molar-refractivity contribution < 1.29 is 19.8 Å². The molecule has 1 aromatic rings. The van der Waals surface area contributed by atoms with Gasteiger partial charge in [0.25, 0.3) is 0 Å². The molecule has 7 heteroatoms. The fourth-order valence-electron chi connectivity index (χ4n) is 8.02. The minimum absolute atomic E-state index is 0.101. The zero-order valence-corrected chi connectivity index (χ0v) is 19.2. The molecule has 5 rings (SSSR count). The van der Waals surface area contributed by atoms with E-state index >= 15 is 0 Å². The molecule has 3 saturated carbocycles. The van der Waals surface area contributed by atoms with Crippen LogP contribution in [0.2, 0.25) is 0 Å². The molecule has 7 atom stereocenters. The Labute approximate surface area is 189 Å². The van der Waals surface area contributed by atoms with Crippen molar-refractivity contribution in [2.45, 2.75) is 83.8 Å². The Hall–Kier alpha value is -2.02. The largest absolute Gasteiger partial charge is 0.481 e. The van der Waals surface area contributed by atoms with Crippen LogP contribution in [0.1, 0.15) is 77.3 Å². The number of rotatable bonds is 5. The summed E-state index contributed by atoms with van der Waals surface area (Å²) in [6.45, 7) is 5.09. The van der Waals surface area contributed by atoms with Crippen LogP contribution in [-0.2, 0) is 21.7 Å². The summed E-state index contributed by atoms with van der Waals surface area (Å²) in [4.78, 5) is 22.8. The first-order valence-electron chi connectivity index (χ1n) is 12.3. The molecule has 4 aliphatic rings. The number of aliphatic carboxylic acids is 1. The highest BCUT2D eigenvalue weighted by Crippen LogP contribution is 2.68. The second kappa shape index (κ2) is 7.79. The molecule has 1 heterocycles. The average molecular weight is 442 g/mol. The number of carbonyl (C=O) groups excluding carboxylic acids is 1. The van der Waals surface area contributed by atoms with Gasteiger partial charge in [-0.15, -0.1) is 5.10 Å². The van der Waals surface area contributed by atoms with Gasteiger partial charge < -0.3 is 10.2 Å². The maximum Gasteiger partial charge on any atom is 0.303 e. The van der Waals surface area contributed by atoms with Crippen molar-refractivity contribution >= 4 is 11.8 Å². The van der Waals surface area contributed by atoms with Crippen LogP contribution in [0.4, 0.5) is 0 Å². The van der Waals surface area contributed by atoms with E-state index < -0.39 is 11.6 Å². The third kappa shape index (κ3) is 3.27. The molecule has 0 bridgehead atoms. The molecular formula is C25H35N3O4. The smallest absolute Gasteiger partial charge is 0.303 e. The minimum atomic E-state index is -0.994. The Balaban J connectivity index is 1.39. The van der Waals surface area contributed by atoms with Gasteiger partial charge in [0.2, 0.25) is 0 Å². The van der Waals surface area contributed by atoms with Crippen molar-refractivity contribution in [3.63, 3.8) is 0 Å². The zero-order chi connectivity index (χ0) is 22.7. The average Bonchev–Trinajstić information content (AvgIpc) is 3.31. The van der Waals surface area contributed by atoms with Crippen molar-refractivity contribution in [1.29, 1.82) is 0 Å². The number of hydrogen-bond donors (Lipinski definition) is 2. The number of allylic oxidation sites excluding steroid dienone is 1. The van der Waals surface area contributed by atoms with Crippen LogP contribution in [0.3, 0.4) is 0 Å². The SMILES string of the molecule is C[C@@H]1CC2=CC(=O)CCC2C2CC[C@@]3(C)C(CC[C@@]3(O)c3cn(CCCC(=O)O)nn3)C21. The van der Waals surface area contributed by atoms with Gasteiger partial charge >= 0.3 is 5.97 Å². The molecule has 7 nitrogen and oxygen atoms in total. The summed E-state index contributed by atoms with van der Waals surface area (Å²) < 4.78 is 1.68. The second-order valence-corrected chi connectivity index (χ2v) is 11.1. The highest BCUT2D eigenvalue weighted by atomic mass is 16.4. The lowest BCUT2D eigenvalue weighted by atomic mass is 9.48. The van der Waals surface area contributed by atoms with E-state index in [1.54, 1.807) is 4.68 Å². The molecule has 0 saturated heterocycles. The molecule has 32 heavy (non-hydrogen) atoms. The van der Waals surface area contributed by atoms with E-state index in [9.17, 15) is 14.7 Å². The monoisotopic (exact) mass is 441 g/mol. The molecule has 0 aliphatic heterocycles. The number of aliphatic hydroxyl groups is 1. The first-order chi connectivity index (χ1) is 15.2. The summed E-state index contributed by atoms with van der Waals surface area (Å²) >= 11 is 0. The van der Waals surface area contributed by atoms with Gasteiger partial charge in [0.1, 0.15) is 11.3 Å². The van der Waals surface area contributed by atoms with Gasteiger partial charge in [0, 0.05) is 24.8 Å². The van der Waals surface area contributed by atoms with E-state index in [1.165, 1.54) is 5.57 Å².